The van der Waals surface area contributed by atoms with Gasteiger partial charge < -0.3 is 20.5 Å². The summed E-state index contributed by atoms with van der Waals surface area (Å²) in [5.41, 5.74) is 3.88. The lowest BCUT2D eigenvalue weighted by Gasteiger charge is -2.26. The average Bonchev–Trinajstić information content (AvgIpc) is 3.19. The zero-order chi connectivity index (χ0) is 22.3. The summed E-state index contributed by atoms with van der Waals surface area (Å²) < 4.78 is 5.14. The number of benzene rings is 2. The molecule has 7 heteroatoms. The first-order valence-electron chi connectivity index (χ1n) is 10.7. The van der Waals surface area contributed by atoms with Crippen molar-refractivity contribution in [3.8, 4) is 5.75 Å². The van der Waals surface area contributed by atoms with Gasteiger partial charge in [0.25, 0.3) is 0 Å². The predicted molar refractivity (Wildman–Crippen MR) is 123 cm³/mol. The summed E-state index contributed by atoms with van der Waals surface area (Å²) in [6.07, 6.45) is 3.92. The van der Waals surface area contributed by atoms with Crippen LogP contribution in [0.15, 0.2) is 73.1 Å². The smallest absolute Gasteiger partial charge is 0.319 e. The minimum atomic E-state index is -0.394. The van der Waals surface area contributed by atoms with E-state index in [9.17, 15) is 9.90 Å². The molecular formula is C25H28N4O3. The van der Waals surface area contributed by atoms with Gasteiger partial charge in [0.05, 0.1) is 19.3 Å². The molecule has 1 aromatic heterocycles. The number of hydrogen-bond donors (Lipinski definition) is 3. The van der Waals surface area contributed by atoms with E-state index in [2.05, 4.69) is 20.5 Å². The summed E-state index contributed by atoms with van der Waals surface area (Å²) in [6.45, 7) is 1.98. The number of nitrogens with zero attached hydrogens (tertiary/aromatic N) is 2. The molecule has 3 aromatic rings. The van der Waals surface area contributed by atoms with Gasteiger partial charge in [-0.05, 0) is 53.4 Å². The lowest BCUT2D eigenvalue weighted by molar-refractivity contribution is 0.113. The molecule has 2 atom stereocenters. The van der Waals surface area contributed by atoms with Crippen LogP contribution in [0, 0.1) is 0 Å². The third kappa shape index (κ3) is 5.43. The summed E-state index contributed by atoms with van der Waals surface area (Å²) in [5, 5.41) is 16.2. The van der Waals surface area contributed by atoms with Crippen molar-refractivity contribution in [1.82, 2.24) is 15.2 Å². The highest BCUT2D eigenvalue weighted by Gasteiger charge is 2.33. The largest absolute Gasteiger partial charge is 0.497 e. The van der Waals surface area contributed by atoms with E-state index >= 15 is 0 Å². The Morgan fingerprint density at radius 3 is 2.56 bits per heavy atom. The third-order valence-corrected chi connectivity index (χ3v) is 5.71. The van der Waals surface area contributed by atoms with Crippen LogP contribution in [0.2, 0.25) is 0 Å². The Hall–Kier alpha value is -3.42. The zero-order valence-electron chi connectivity index (χ0n) is 18.1. The third-order valence-electron chi connectivity index (χ3n) is 5.71. The number of aliphatic hydroxyl groups excluding tert-OH is 1. The monoisotopic (exact) mass is 432 g/mol. The van der Waals surface area contributed by atoms with Crippen molar-refractivity contribution >= 4 is 11.7 Å². The van der Waals surface area contributed by atoms with Crippen molar-refractivity contribution < 1.29 is 14.6 Å². The number of anilines is 1. The van der Waals surface area contributed by atoms with Crippen LogP contribution in [0.5, 0.6) is 5.75 Å². The maximum absolute atomic E-state index is 12.2. The summed E-state index contributed by atoms with van der Waals surface area (Å²) in [4.78, 5) is 18.7. The van der Waals surface area contributed by atoms with Gasteiger partial charge in [0.1, 0.15) is 5.75 Å². The first-order chi connectivity index (χ1) is 15.6. The number of pyridine rings is 1. The Bertz CT molecular complexity index is 1010. The van der Waals surface area contributed by atoms with Crippen LogP contribution >= 0.6 is 0 Å². The molecule has 1 aliphatic heterocycles. The number of nitrogens with one attached hydrogen (secondary N) is 2. The molecule has 0 bridgehead atoms. The van der Waals surface area contributed by atoms with Crippen LogP contribution < -0.4 is 15.4 Å². The topological polar surface area (TPSA) is 86.7 Å². The summed E-state index contributed by atoms with van der Waals surface area (Å²) in [6, 6.07) is 19.0. The number of amides is 2. The number of urea groups is 1. The van der Waals surface area contributed by atoms with Gasteiger partial charge >= 0.3 is 6.03 Å². The van der Waals surface area contributed by atoms with Crippen molar-refractivity contribution in [2.45, 2.75) is 31.7 Å². The van der Waals surface area contributed by atoms with Crippen molar-refractivity contribution in [3.05, 3.63) is 89.7 Å². The van der Waals surface area contributed by atoms with Crippen LogP contribution in [-0.4, -0.2) is 40.8 Å². The van der Waals surface area contributed by atoms with Crippen LogP contribution in [0.3, 0.4) is 0 Å². The van der Waals surface area contributed by atoms with E-state index in [0.29, 0.717) is 6.54 Å². The van der Waals surface area contributed by atoms with Gasteiger partial charge in [-0.15, -0.1) is 0 Å². The Kier molecular flexibility index (Phi) is 6.99. The molecule has 2 heterocycles. The molecule has 0 aliphatic carbocycles. The number of aliphatic hydroxyl groups is 1. The van der Waals surface area contributed by atoms with E-state index in [1.807, 2.05) is 66.9 Å². The number of carbonyl (C=O) groups is 1. The molecule has 2 unspecified atom stereocenters. The van der Waals surface area contributed by atoms with Crippen molar-refractivity contribution in [1.29, 1.82) is 0 Å². The number of methoxy groups -OCH3 is 1. The Labute approximate surface area is 188 Å². The van der Waals surface area contributed by atoms with Crippen LogP contribution in [0.1, 0.15) is 29.2 Å². The number of hydrogen-bond acceptors (Lipinski definition) is 5. The molecule has 0 saturated carbocycles. The first kappa shape index (κ1) is 21.8. The molecule has 166 valence electrons. The minimum absolute atomic E-state index is 0.0507. The Morgan fingerprint density at radius 1 is 1.12 bits per heavy atom. The standard InChI is InChI=1S/C25H28N4O3/c1-32-22-10-6-18(7-11-22)15-27-25(31)28-21-8-4-19(5-9-21)17-29-14-12-23(30)24(29)20-3-2-13-26-16-20/h2-11,13,16,23-24,30H,12,14-15,17H2,1H3,(H2,27,28,31). The van der Waals surface area contributed by atoms with Gasteiger partial charge in [-0.1, -0.05) is 30.3 Å². The SMILES string of the molecule is COc1ccc(CNC(=O)Nc2ccc(CN3CCC(O)C3c3cccnc3)cc2)cc1. The normalized spacial score (nSPS) is 18.3. The second-order valence-electron chi connectivity index (χ2n) is 7.91. The molecule has 1 aliphatic rings. The molecule has 2 amide bonds. The number of ether oxygens (including phenoxy) is 1. The summed E-state index contributed by atoms with van der Waals surface area (Å²) in [7, 11) is 1.62. The molecule has 32 heavy (non-hydrogen) atoms. The fourth-order valence-electron chi connectivity index (χ4n) is 4.03. The Balaban J connectivity index is 1.30. The molecule has 3 N–H and O–H groups in total. The quantitative estimate of drug-likeness (QED) is 0.530. The molecule has 7 nitrogen and oxygen atoms in total. The number of likely N-dealkylation sites (tertiary alicyclic amines) is 1. The molecule has 1 saturated heterocycles. The van der Waals surface area contributed by atoms with Gasteiger partial charge in [-0.3, -0.25) is 9.88 Å². The fraction of sp³-hybridized carbons (Fsp3) is 0.280. The van der Waals surface area contributed by atoms with E-state index in [1.54, 1.807) is 13.3 Å². The van der Waals surface area contributed by atoms with Gasteiger partial charge in [0.2, 0.25) is 0 Å². The number of rotatable bonds is 7. The van der Waals surface area contributed by atoms with Crippen LogP contribution in [0.4, 0.5) is 10.5 Å². The average molecular weight is 433 g/mol. The minimum Gasteiger partial charge on any atom is -0.497 e. The van der Waals surface area contributed by atoms with Crippen molar-refractivity contribution in [3.63, 3.8) is 0 Å². The van der Waals surface area contributed by atoms with Crippen LogP contribution in [-0.2, 0) is 13.1 Å². The van der Waals surface area contributed by atoms with E-state index in [-0.39, 0.29) is 12.1 Å². The summed E-state index contributed by atoms with van der Waals surface area (Å²) in [5.74, 6) is 0.786. The lowest BCUT2D eigenvalue weighted by atomic mass is 10.0. The molecular weight excluding hydrogens is 404 g/mol. The van der Waals surface area contributed by atoms with E-state index < -0.39 is 6.10 Å². The zero-order valence-corrected chi connectivity index (χ0v) is 18.1. The highest BCUT2D eigenvalue weighted by molar-refractivity contribution is 5.89. The molecule has 1 fully saturated rings. The van der Waals surface area contributed by atoms with Crippen LogP contribution in [0.25, 0.3) is 0 Å². The number of carbonyl (C=O) groups excluding carboxylic acids is 1. The predicted octanol–water partition coefficient (Wildman–Crippen LogP) is 3.72. The summed E-state index contributed by atoms with van der Waals surface area (Å²) >= 11 is 0. The molecule has 0 spiro atoms. The second kappa shape index (κ2) is 10.3. The maximum Gasteiger partial charge on any atom is 0.319 e. The fourth-order valence-corrected chi connectivity index (χ4v) is 4.03. The van der Waals surface area contributed by atoms with Gasteiger partial charge in [0, 0.05) is 37.7 Å². The highest BCUT2D eigenvalue weighted by Crippen LogP contribution is 2.33. The van der Waals surface area contributed by atoms with Gasteiger partial charge in [-0.25, -0.2) is 4.79 Å². The maximum atomic E-state index is 12.2. The Morgan fingerprint density at radius 2 is 1.88 bits per heavy atom. The van der Waals surface area contributed by atoms with Gasteiger partial charge in [0.15, 0.2) is 0 Å². The van der Waals surface area contributed by atoms with Crippen molar-refractivity contribution in [2.75, 3.05) is 19.0 Å². The molecule has 2 aromatic carbocycles. The number of aromatic nitrogens is 1. The van der Waals surface area contributed by atoms with E-state index in [4.69, 9.17) is 4.74 Å². The second-order valence-corrected chi connectivity index (χ2v) is 7.91. The van der Waals surface area contributed by atoms with E-state index in [0.717, 1.165) is 47.6 Å². The highest BCUT2D eigenvalue weighted by atomic mass is 16.5. The lowest BCUT2D eigenvalue weighted by Crippen LogP contribution is -2.28. The van der Waals surface area contributed by atoms with E-state index in [1.165, 1.54) is 0 Å². The molecule has 4 rings (SSSR count). The van der Waals surface area contributed by atoms with Crippen molar-refractivity contribution in [2.24, 2.45) is 0 Å². The molecule has 0 radical (unpaired) electrons. The van der Waals surface area contributed by atoms with Gasteiger partial charge in [-0.2, -0.15) is 0 Å². The first-order valence-corrected chi connectivity index (χ1v) is 10.7.